The minimum Gasteiger partial charge on any atom is -0.493 e. The molecule has 3 rings (SSSR count). The molecule has 1 atom stereocenters. The molecule has 2 fully saturated rings. The van der Waals surface area contributed by atoms with Gasteiger partial charge >= 0.3 is 0 Å². The number of guanidine groups is 1. The molecule has 0 aromatic heterocycles. The first-order valence-electron chi connectivity index (χ1n) is 12.9. The summed E-state index contributed by atoms with van der Waals surface area (Å²) in [5, 5.41) is 12.4. The predicted octanol–water partition coefficient (Wildman–Crippen LogP) is 3.53. The SMILES string of the molecule is COc1ccc(CC(=O)NC(N)=N[C@H](CC2CCCCC2)C(=O)CC2CCC(O)CC2)cc1OC. The maximum atomic E-state index is 13.2. The minimum atomic E-state index is -0.536. The third-order valence-electron chi connectivity index (χ3n) is 7.33. The molecule has 0 radical (unpaired) electrons. The molecule has 0 bridgehead atoms. The number of nitrogens with two attached hydrogens (primary N) is 1. The number of aliphatic hydroxyl groups excluding tert-OH is 1. The van der Waals surface area contributed by atoms with Crippen molar-refractivity contribution in [1.29, 1.82) is 0 Å². The number of aliphatic hydroxyl groups is 1. The van der Waals surface area contributed by atoms with Crippen LogP contribution in [0.3, 0.4) is 0 Å². The van der Waals surface area contributed by atoms with E-state index in [1.165, 1.54) is 19.3 Å². The number of ketones is 1. The fourth-order valence-corrected chi connectivity index (χ4v) is 5.33. The van der Waals surface area contributed by atoms with E-state index in [1.807, 2.05) is 0 Å². The van der Waals surface area contributed by atoms with E-state index in [4.69, 9.17) is 15.2 Å². The summed E-state index contributed by atoms with van der Waals surface area (Å²) in [6, 6.07) is 4.76. The number of carbonyl (C=O) groups excluding carboxylic acids is 2. The third kappa shape index (κ3) is 8.53. The largest absolute Gasteiger partial charge is 0.493 e. The molecule has 0 unspecified atom stereocenters. The van der Waals surface area contributed by atoms with Crippen molar-refractivity contribution in [3.63, 3.8) is 0 Å². The molecule has 1 aromatic carbocycles. The first kappa shape index (κ1) is 27.0. The van der Waals surface area contributed by atoms with Gasteiger partial charge in [0.25, 0.3) is 0 Å². The maximum Gasteiger partial charge on any atom is 0.231 e. The van der Waals surface area contributed by atoms with Crippen LogP contribution in [0.5, 0.6) is 11.5 Å². The van der Waals surface area contributed by atoms with Crippen LogP contribution in [-0.4, -0.2) is 49.1 Å². The van der Waals surface area contributed by atoms with Gasteiger partial charge in [-0.1, -0.05) is 38.2 Å². The zero-order valence-corrected chi connectivity index (χ0v) is 21.1. The predicted molar refractivity (Wildman–Crippen MR) is 136 cm³/mol. The van der Waals surface area contributed by atoms with E-state index in [2.05, 4.69) is 10.3 Å². The van der Waals surface area contributed by atoms with E-state index in [9.17, 15) is 14.7 Å². The second-order valence-electron chi connectivity index (χ2n) is 10.0. The van der Waals surface area contributed by atoms with Crippen LogP contribution >= 0.6 is 0 Å². The van der Waals surface area contributed by atoms with E-state index in [0.717, 1.165) is 44.1 Å². The van der Waals surface area contributed by atoms with Gasteiger partial charge in [-0.15, -0.1) is 0 Å². The molecule has 194 valence electrons. The van der Waals surface area contributed by atoms with Gasteiger partial charge in [0.15, 0.2) is 23.2 Å². The van der Waals surface area contributed by atoms with E-state index < -0.39 is 6.04 Å². The first-order valence-corrected chi connectivity index (χ1v) is 12.9. The van der Waals surface area contributed by atoms with Crippen molar-refractivity contribution in [3.05, 3.63) is 23.8 Å². The van der Waals surface area contributed by atoms with Gasteiger partial charge < -0.3 is 20.3 Å². The van der Waals surface area contributed by atoms with E-state index in [1.54, 1.807) is 32.4 Å². The number of ether oxygens (including phenoxy) is 2. The molecule has 0 saturated heterocycles. The highest BCUT2D eigenvalue weighted by molar-refractivity contribution is 5.98. The number of rotatable bonds is 10. The van der Waals surface area contributed by atoms with Gasteiger partial charge in [-0.05, 0) is 61.6 Å². The van der Waals surface area contributed by atoms with Gasteiger partial charge in [-0.2, -0.15) is 0 Å². The highest BCUT2D eigenvalue weighted by Crippen LogP contribution is 2.31. The van der Waals surface area contributed by atoms with Gasteiger partial charge in [0, 0.05) is 6.42 Å². The highest BCUT2D eigenvalue weighted by atomic mass is 16.5. The van der Waals surface area contributed by atoms with Crippen molar-refractivity contribution in [2.24, 2.45) is 22.6 Å². The number of amides is 1. The summed E-state index contributed by atoms with van der Waals surface area (Å²) in [6.45, 7) is 0. The van der Waals surface area contributed by atoms with Crippen LogP contribution in [-0.2, 0) is 16.0 Å². The van der Waals surface area contributed by atoms with E-state index in [-0.39, 0.29) is 36.1 Å². The molecule has 4 N–H and O–H groups in total. The fourth-order valence-electron chi connectivity index (χ4n) is 5.33. The van der Waals surface area contributed by atoms with Crippen LogP contribution in [0.1, 0.15) is 76.2 Å². The summed E-state index contributed by atoms with van der Waals surface area (Å²) in [4.78, 5) is 30.4. The molecule has 8 heteroatoms. The monoisotopic (exact) mass is 487 g/mol. The Labute approximate surface area is 208 Å². The molecule has 0 heterocycles. The summed E-state index contributed by atoms with van der Waals surface area (Å²) in [7, 11) is 3.11. The fraction of sp³-hybridized carbons (Fsp3) is 0.667. The second-order valence-corrected chi connectivity index (χ2v) is 10.0. The number of hydrogen-bond donors (Lipinski definition) is 3. The number of Topliss-reactive ketones (excluding diaryl/α,β-unsaturated/α-hetero) is 1. The number of benzene rings is 1. The van der Waals surface area contributed by atoms with Crippen molar-refractivity contribution in [2.45, 2.75) is 89.2 Å². The lowest BCUT2D eigenvalue weighted by Crippen LogP contribution is -2.40. The average molecular weight is 488 g/mol. The number of methoxy groups -OCH3 is 2. The summed E-state index contributed by atoms with van der Waals surface area (Å²) < 4.78 is 10.5. The molecule has 35 heavy (non-hydrogen) atoms. The lowest BCUT2D eigenvalue weighted by molar-refractivity contribution is -0.122. The Morgan fingerprint density at radius 1 is 1.03 bits per heavy atom. The second kappa shape index (κ2) is 13.5. The first-order chi connectivity index (χ1) is 16.9. The Hall–Kier alpha value is -2.61. The van der Waals surface area contributed by atoms with Crippen LogP contribution in [0, 0.1) is 11.8 Å². The molecule has 2 saturated carbocycles. The number of nitrogens with one attached hydrogen (secondary N) is 1. The molecule has 1 aromatic rings. The van der Waals surface area contributed by atoms with Gasteiger partial charge in [0.1, 0.15) is 6.04 Å². The smallest absolute Gasteiger partial charge is 0.231 e. The Balaban J connectivity index is 1.63. The van der Waals surface area contributed by atoms with Crippen molar-refractivity contribution in [1.82, 2.24) is 5.32 Å². The number of carbonyl (C=O) groups is 2. The Morgan fingerprint density at radius 2 is 1.71 bits per heavy atom. The topological polar surface area (TPSA) is 123 Å². The maximum absolute atomic E-state index is 13.2. The lowest BCUT2D eigenvalue weighted by atomic mass is 9.80. The quantitative estimate of drug-likeness (QED) is 0.343. The summed E-state index contributed by atoms with van der Waals surface area (Å²) in [6.07, 6.45) is 10.1. The molecule has 2 aliphatic carbocycles. The Morgan fingerprint density at radius 3 is 2.37 bits per heavy atom. The number of aliphatic imine (C=N–C) groups is 1. The summed E-state index contributed by atoms with van der Waals surface area (Å²) in [5.41, 5.74) is 6.87. The van der Waals surface area contributed by atoms with Crippen molar-refractivity contribution < 1.29 is 24.2 Å². The molecule has 1 amide bonds. The molecular formula is C27H41N3O5. The summed E-state index contributed by atoms with van der Waals surface area (Å²) in [5.74, 6) is 1.67. The van der Waals surface area contributed by atoms with Gasteiger partial charge in [0.2, 0.25) is 5.91 Å². The van der Waals surface area contributed by atoms with Crippen LogP contribution in [0.4, 0.5) is 0 Å². The third-order valence-corrected chi connectivity index (χ3v) is 7.33. The van der Waals surface area contributed by atoms with Crippen molar-refractivity contribution in [2.75, 3.05) is 14.2 Å². The zero-order valence-electron chi connectivity index (χ0n) is 21.1. The van der Waals surface area contributed by atoms with Crippen LogP contribution < -0.4 is 20.5 Å². The highest BCUT2D eigenvalue weighted by Gasteiger charge is 2.28. The van der Waals surface area contributed by atoms with Gasteiger partial charge in [0.05, 0.1) is 26.7 Å². The Bertz CT molecular complexity index is 874. The standard InChI is InChI=1S/C27H41N3O5/c1-34-24-13-10-20(16-25(24)35-2)17-26(33)30-27(28)29-22(14-18-6-4-3-5-7-18)23(32)15-19-8-11-21(31)12-9-19/h10,13,16,18-19,21-22,31H,3-9,11-12,14-15,17H2,1-2H3,(H3,28,29,30,33)/t19?,21?,22-/m1/s1. The van der Waals surface area contributed by atoms with E-state index >= 15 is 0 Å². The molecule has 8 nitrogen and oxygen atoms in total. The number of nitrogens with zero attached hydrogens (tertiary/aromatic N) is 1. The minimum absolute atomic E-state index is 0.0105. The Kier molecular flexibility index (Phi) is 10.4. The lowest BCUT2D eigenvalue weighted by Gasteiger charge is -2.27. The van der Waals surface area contributed by atoms with E-state index in [0.29, 0.717) is 30.3 Å². The normalized spacial score (nSPS) is 22.3. The zero-order chi connectivity index (χ0) is 25.2. The molecule has 0 aliphatic heterocycles. The van der Waals surface area contributed by atoms with Crippen molar-refractivity contribution >= 4 is 17.6 Å². The van der Waals surface area contributed by atoms with Crippen molar-refractivity contribution in [3.8, 4) is 11.5 Å². The summed E-state index contributed by atoms with van der Waals surface area (Å²) >= 11 is 0. The van der Waals surface area contributed by atoms with Crippen LogP contribution in [0.2, 0.25) is 0 Å². The molecule has 0 spiro atoms. The van der Waals surface area contributed by atoms with Crippen LogP contribution in [0.15, 0.2) is 23.2 Å². The van der Waals surface area contributed by atoms with Crippen LogP contribution in [0.25, 0.3) is 0 Å². The number of hydrogen-bond acceptors (Lipinski definition) is 6. The van der Waals surface area contributed by atoms with Gasteiger partial charge in [-0.25, -0.2) is 4.99 Å². The molecular weight excluding hydrogens is 446 g/mol. The average Bonchev–Trinajstić information content (AvgIpc) is 2.85. The van der Waals surface area contributed by atoms with Gasteiger partial charge in [-0.3, -0.25) is 14.9 Å². The molecule has 2 aliphatic rings.